The van der Waals surface area contributed by atoms with Crippen molar-refractivity contribution in [1.82, 2.24) is 0 Å². The number of rotatable bonds is 7. The Labute approximate surface area is 351 Å². The standard InChI is InChI=1S/C28H18ClF5O2.C12H6F4O.CH2Cl2.3CH4/c1-2-3-15-4-6-16(7-5-15)17-10-21(29)26(23(31)11-17)28(35)36-19-8-9-20(22(30)14-19)18-12-24(32)27(34)25(33)13-18;13-9-5-7(17)1-2-8(9)6-3-10(14)12(16)11(15)4-6;2-1-3;;;/h4-14H,2-3H2,1H3;1-5,17H;1H2;3*1H4. The van der Waals surface area contributed by atoms with Crippen molar-refractivity contribution in [3.05, 3.63) is 166 Å². The van der Waals surface area contributed by atoms with Gasteiger partial charge in [-0.1, -0.05) is 71.5 Å². The van der Waals surface area contributed by atoms with Crippen LogP contribution in [0.2, 0.25) is 5.02 Å². The van der Waals surface area contributed by atoms with Crippen LogP contribution in [0.25, 0.3) is 33.4 Å². The fourth-order valence-electron chi connectivity index (χ4n) is 5.20. The van der Waals surface area contributed by atoms with Gasteiger partial charge in [-0.25, -0.2) is 44.3 Å². The molecule has 0 heterocycles. The van der Waals surface area contributed by atoms with E-state index in [0.717, 1.165) is 60.9 Å². The predicted molar refractivity (Wildman–Crippen MR) is 218 cm³/mol. The molecule has 6 rings (SSSR count). The van der Waals surface area contributed by atoms with Gasteiger partial charge in [0.2, 0.25) is 0 Å². The zero-order valence-corrected chi connectivity index (χ0v) is 30.9. The topological polar surface area (TPSA) is 46.5 Å². The molecule has 0 unspecified atom stereocenters. The maximum absolute atomic E-state index is 14.9. The monoisotopic (exact) mass is 890 g/mol. The van der Waals surface area contributed by atoms with E-state index in [9.17, 15) is 44.3 Å². The first-order valence-corrected chi connectivity index (χ1v) is 17.5. The highest BCUT2D eigenvalue weighted by Crippen LogP contribution is 2.32. The van der Waals surface area contributed by atoms with Gasteiger partial charge < -0.3 is 9.84 Å². The van der Waals surface area contributed by atoms with Crippen molar-refractivity contribution in [2.75, 3.05) is 5.34 Å². The first-order chi connectivity index (χ1) is 26.6. The molecule has 0 fully saturated rings. The maximum Gasteiger partial charge on any atom is 0.348 e. The molecule has 15 heteroatoms. The number of aryl methyl sites for hydroxylation is 1. The highest BCUT2D eigenvalue weighted by Gasteiger charge is 2.22. The third kappa shape index (κ3) is 13.2. The molecule has 0 radical (unpaired) electrons. The van der Waals surface area contributed by atoms with E-state index in [0.29, 0.717) is 35.4 Å². The average molecular weight is 892 g/mol. The number of hydrogen-bond donors (Lipinski definition) is 1. The lowest BCUT2D eigenvalue weighted by atomic mass is 10.0. The summed E-state index contributed by atoms with van der Waals surface area (Å²) in [6.45, 7) is 2.07. The van der Waals surface area contributed by atoms with E-state index >= 15 is 0 Å². The number of esters is 1. The normalized spacial score (nSPS) is 10.1. The van der Waals surface area contributed by atoms with Gasteiger partial charge in [0.05, 0.1) is 10.4 Å². The summed E-state index contributed by atoms with van der Waals surface area (Å²) in [6, 6.07) is 18.9. The van der Waals surface area contributed by atoms with E-state index in [1.54, 1.807) is 0 Å². The Morgan fingerprint density at radius 3 is 1.42 bits per heavy atom. The molecule has 0 saturated heterocycles. The summed E-state index contributed by atoms with van der Waals surface area (Å²) in [6.07, 6.45) is 1.91. The second kappa shape index (κ2) is 23.4. The van der Waals surface area contributed by atoms with Crippen molar-refractivity contribution in [3.63, 3.8) is 0 Å². The Bertz CT molecular complexity index is 2290. The van der Waals surface area contributed by atoms with Gasteiger partial charge in [-0.3, -0.25) is 0 Å². The van der Waals surface area contributed by atoms with Crippen LogP contribution in [0.5, 0.6) is 11.5 Å². The number of ether oxygens (including phenoxy) is 1. The largest absolute Gasteiger partial charge is 0.508 e. The molecule has 0 aliphatic carbocycles. The molecule has 0 atom stereocenters. The van der Waals surface area contributed by atoms with Crippen molar-refractivity contribution in [2.45, 2.75) is 42.0 Å². The van der Waals surface area contributed by atoms with Crippen LogP contribution < -0.4 is 4.74 Å². The third-order valence-electron chi connectivity index (χ3n) is 7.77. The predicted octanol–water partition coefficient (Wildman–Crippen LogP) is 15.5. The smallest absolute Gasteiger partial charge is 0.348 e. The van der Waals surface area contributed by atoms with E-state index in [1.807, 2.05) is 24.3 Å². The maximum atomic E-state index is 14.9. The number of phenolic OH excluding ortho intramolecular Hbond substituents is 1. The summed E-state index contributed by atoms with van der Waals surface area (Å²) in [5, 5.41) is 8.99. The Kier molecular flexibility index (Phi) is 20.6. The molecule has 316 valence electrons. The van der Waals surface area contributed by atoms with Crippen LogP contribution in [0.3, 0.4) is 0 Å². The molecule has 6 aromatic rings. The molecule has 0 spiro atoms. The summed E-state index contributed by atoms with van der Waals surface area (Å²) in [5.41, 5.74) is 1.00. The van der Waals surface area contributed by atoms with E-state index in [2.05, 4.69) is 6.92 Å². The van der Waals surface area contributed by atoms with E-state index in [-0.39, 0.29) is 66.4 Å². The van der Waals surface area contributed by atoms with Crippen LogP contribution in [0.4, 0.5) is 39.5 Å². The highest BCUT2D eigenvalue weighted by molar-refractivity contribution is 6.40. The minimum absolute atomic E-state index is 0. The number of phenols is 1. The Morgan fingerprint density at radius 1 is 0.559 bits per heavy atom. The van der Waals surface area contributed by atoms with Gasteiger partial charge in [-0.2, -0.15) is 0 Å². The number of benzene rings is 6. The first-order valence-electron chi connectivity index (χ1n) is 16.1. The summed E-state index contributed by atoms with van der Waals surface area (Å²) >= 11 is 15.7. The second-order valence-corrected chi connectivity index (χ2v) is 12.8. The van der Waals surface area contributed by atoms with Crippen LogP contribution in [0.1, 0.15) is 51.5 Å². The molecule has 0 amide bonds. The zero-order chi connectivity index (χ0) is 41.3. The summed E-state index contributed by atoms with van der Waals surface area (Å²) < 4.78 is 127. The van der Waals surface area contributed by atoms with Gasteiger partial charge in [0.25, 0.3) is 0 Å². The SMILES string of the molecule is C.C.C.CCCc1ccc(-c2cc(F)c(C(=O)Oc3ccc(-c4cc(F)c(F)c(F)c4)c(F)c3)c(Cl)c2)cc1.ClCCl.Oc1ccc(-c2cc(F)c(F)c(F)c2)c(F)c1. The first kappa shape index (κ1) is 51.8. The summed E-state index contributed by atoms with van der Waals surface area (Å²) in [4.78, 5) is 12.6. The number of aromatic hydroxyl groups is 1. The van der Waals surface area contributed by atoms with Crippen LogP contribution >= 0.6 is 34.8 Å². The average Bonchev–Trinajstić information content (AvgIpc) is 3.13. The second-order valence-electron chi connectivity index (χ2n) is 11.6. The van der Waals surface area contributed by atoms with Gasteiger partial charge in [0.15, 0.2) is 34.9 Å². The van der Waals surface area contributed by atoms with Crippen LogP contribution in [0, 0.1) is 52.4 Å². The number of hydrogen-bond acceptors (Lipinski definition) is 3. The van der Waals surface area contributed by atoms with E-state index in [4.69, 9.17) is 44.6 Å². The summed E-state index contributed by atoms with van der Waals surface area (Å²) in [7, 11) is 0. The lowest BCUT2D eigenvalue weighted by molar-refractivity contribution is 0.0729. The van der Waals surface area contributed by atoms with Crippen LogP contribution in [-0.2, 0) is 6.42 Å². The fraction of sp³-hybridized carbons (Fsp3) is 0.159. The van der Waals surface area contributed by atoms with Gasteiger partial charge in [-0.15, -0.1) is 23.2 Å². The van der Waals surface area contributed by atoms with Gasteiger partial charge >= 0.3 is 5.97 Å². The molecule has 0 aliphatic rings. The van der Waals surface area contributed by atoms with Crippen molar-refractivity contribution in [1.29, 1.82) is 0 Å². The van der Waals surface area contributed by atoms with E-state index < -0.39 is 63.9 Å². The Hall–Kier alpha value is -5.17. The van der Waals surface area contributed by atoms with Crippen molar-refractivity contribution in [2.24, 2.45) is 0 Å². The number of alkyl halides is 2. The van der Waals surface area contributed by atoms with E-state index in [1.165, 1.54) is 6.07 Å². The Morgan fingerprint density at radius 2 is 1.00 bits per heavy atom. The highest BCUT2D eigenvalue weighted by atomic mass is 35.5. The molecular formula is C44H38Cl3F9O3. The van der Waals surface area contributed by atoms with Crippen molar-refractivity contribution < 1.29 is 54.2 Å². The minimum Gasteiger partial charge on any atom is -0.508 e. The molecule has 0 bridgehead atoms. The third-order valence-corrected chi connectivity index (χ3v) is 8.06. The summed E-state index contributed by atoms with van der Waals surface area (Å²) in [5.74, 6) is -13.6. The van der Waals surface area contributed by atoms with Gasteiger partial charge in [0, 0.05) is 23.3 Å². The van der Waals surface area contributed by atoms with Crippen LogP contribution in [-0.4, -0.2) is 16.4 Å². The number of carbonyl (C=O) groups excluding carboxylic acids is 1. The molecule has 6 aromatic carbocycles. The molecule has 0 saturated carbocycles. The fourth-order valence-corrected chi connectivity index (χ4v) is 5.48. The molecule has 0 aromatic heterocycles. The quantitative estimate of drug-likeness (QED) is 0.0571. The van der Waals surface area contributed by atoms with Gasteiger partial charge in [0.1, 0.15) is 34.5 Å². The van der Waals surface area contributed by atoms with Crippen molar-refractivity contribution >= 4 is 40.8 Å². The lowest BCUT2D eigenvalue weighted by Gasteiger charge is -2.11. The van der Waals surface area contributed by atoms with Gasteiger partial charge in [-0.05, 0) is 94.9 Å². The minimum atomic E-state index is -1.68. The van der Waals surface area contributed by atoms with Crippen molar-refractivity contribution in [3.8, 4) is 44.9 Å². The number of carbonyl (C=O) groups is 1. The Balaban J connectivity index is 0.000000637. The zero-order valence-electron chi connectivity index (χ0n) is 28.7. The molecule has 59 heavy (non-hydrogen) atoms. The molecular weight excluding hydrogens is 854 g/mol. The van der Waals surface area contributed by atoms with Crippen LogP contribution in [0.15, 0.2) is 97.1 Å². The molecule has 1 N–H and O–H groups in total. The molecule has 0 aliphatic heterocycles. The lowest BCUT2D eigenvalue weighted by Crippen LogP contribution is -2.12. The molecule has 3 nitrogen and oxygen atoms in total. The number of halogens is 12.